The zero-order chi connectivity index (χ0) is 11.9. The highest BCUT2D eigenvalue weighted by atomic mass is 32.2. The summed E-state index contributed by atoms with van der Waals surface area (Å²) in [6, 6.07) is -0.190. The molecule has 0 aliphatic rings. The summed E-state index contributed by atoms with van der Waals surface area (Å²) >= 11 is 0. The van der Waals surface area contributed by atoms with E-state index in [4.69, 9.17) is 5.11 Å². The SMILES string of the molecule is C=CCCS(=O)(=O)NC(CCO)C(C)C. The minimum atomic E-state index is -3.24. The summed E-state index contributed by atoms with van der Waals surface area (Å²) in [6.45, 7) is 7.33. The van der Waals surface area contributed by atoms with E-state index in [1.54, 1.807) is 6.08 Å². The van der Waals surface area contributed by atoms with Crippen LogP contribution in [0.1, 0.15) is 26.7 Å². The van der Waals surface area contributed by atoms with Gasteiger partial charge in [0, 0.05) is 12.6 Å². The molecule has 0 spiro atoms. The molecule has 0 radical (unpaired) electrons. The van der Waals surface area contributed by atoms with Crippen LogP contribution in [-0.4, -0.2) is 31.9 Å². The van der Waals surface area contributed by atoms with Crippen molar-refractivity contribution in [2.75, 3.05) is 12.4 Å². The lowest BCUT2D eigenvalue weighted by Gasteiger charge is -2.21. The van der Waals surface area contributed by atoms with Gasteiger partial charge in [-0.25, -0.2) is 13.1 Å². The highest BCUT2D eigenvalue weighted by Crippen LogP contribution is 2.07. The monoisotopic (exact) mass is 235 g/mol. The number of aliphatic hydroxyl groups is 1. The van der Waals surface area contributed by atoms with Gasteiger partial charge in [0.05, 0.1) is 5.75 Å². The van der Waals surface area contributed by atoms with E-state index in [0.29, 0.717) is 12.8 Å². The van der Waals surface area contributed by atoms with Crippen molar-refractivity contribution in [3.63, 3.8) is 0 Å². The first-order chi connectivity index (χ1) is 6.93. The van der Waals surface area contributed by atoms with Crippen LogP contribution in [-0.2, 0) is 10.0 Å². The minimum Gasteiger partial charge on any atom is -0.396 e. The molecule has 0 aliphatic heterocycles. The van der Waals surface area contributed by atoms with Crippen molar-refractivity contribution in [2.45, 2.75) is 32.7 Å². The van der Waals surface area contributed by atoms with E-state index in [1.165, 1.54) is 0 Å². The van der Waals surface area contributed by atoms with Crippen LogP contribution in [0.15, 0.2) is 12.7 Å². The number of aliphatic hydroxyl groups excluding tert-OH is 1. The Labute approximate surface area is 92.4 Å². The average molecular weight is 235 g/mol. The van der Waals surface area contributed by atoms with E-state index in [0.717, 1.165) is 0 Å². The van der Waals surface area contributed by atoms with E-state index in [-0.39, 0.29) is 24.3 Å². The molecule has 0 aromatic heterocycles. The molecular formula is C10H21NO3S. The second-order valence-corrected chi connectivity index (χ2v) is 5.75. The van der Waals surface area contributed by atoms with Crippen LogP contribution in [0.25, 0.3) is 0 Å². The van der Waals surface area contributed by atoms with Crippen molar-refractivity contribution in [1.29, 1.82) is 0 Å². The van der Waals surface area contributed by atoms with Crippen LogP contribution in [0, 0.1) is 5.92 Å². The lowest BCUT2D eigenvalue weighted by atomic mass is 10.0. The minimum absolute atomic E-state index is 0.00712. The first-order valence-corrected chi connectivity index (χ1v) is 6.80. The Bertz CT molecular complexity index is 272. The van der Waals surface area contributed by atoms with Gasteiger partial charge < -0.3 is 5.11 Å². The molecule has 4 nitrogen and oxygen atoms in total. The number of allylic oxidation sites excluding steroid dienone is 1. The Hall–Kier alpha value is -0.390. The summed E-state index contributed by atoms with van der Waals surface area (Å²) in [5, 5.41) is 8.81. The van der Waals surface area contributed by atoms with Gasteiger partial charge in [0.2, 0.25) is 10.0 Å². The quantitative estimate of drug-likeness (QED) is 0.614. The molecule has 0 rings (SSSR count). The van der Waals surface area contributed by atoms with E-state index < -0.39 is 10.0 Å². The molecule has 0 aliphatic carbocycles. The van der Waals surface area contributed by atoms with E-state index in [9.17, 15) is 8.42 Å². The van der Waals surface area contributed by atoms with E-state index >= 15 is 0 Å². The zero-order valence-corrected chi connectivity index (χ0v) is 10.3. The molecule has 0 heterocycles. The number of hydrogen-bond acceptors (Lipinski definition) is 3. The summed E-state index contributed by atoms with van der Waals surface area (Å²) < 4.78 is 25.7. The molecule has 0 saturated heterocycles. The lowest BCUT2D eigenvalue weighted by molar-refractivity contribution is 0.256. The summed E-state index contributed by atoms with van der Waals surface area (Å²) in [5.74, 6) is 0.237. The molecule has 0 saturated carbocycles. The molecule has 1 unspecified atom stereocenters. The van der Waals surface area contributed by atoms with Gasteiger partial charge in [-0.05, 0) is 18.8 Å². The van der Waals surface area contributed by atoms with Gasteiger partial charge in [0.25, 0.3) is 0 Å². The van der Waals surface area contributed by atoms with Crippen LogP contribution in [0.2, 0.25) is 0 Å². The second kappa shape index (κ2) is 6.98. The number of sulfonamides is 1. The maximum absolute atomic E-state index is 11.5. The fraction of sp³-hybridized carbons (Fsp3) is 0.800. The molecular weight excluding hydrogens is 214 g/mol. The predicted molar refractivity (Wildman–Crippen MR) is 62.1 cm³/mol. The normalized spacial score (nSPS) is 14.1. The van der Waals surface area contributed by atoms with Crippen molar-refractivity contribution >= 4 is 10.0 Å². The van der Waals surface area contributed by atoms with Crippen LogP contribution < -0.4 is 4.72 Å². The van der Waals surface area contributed by atoms with Crippen LogP contribution in [0.5, 0.6) is 0 Å². The third-order valence-electron chi connectivity index (χ3n) is 2.17. The Kier molecular flexibility index (Phi) is 6.80. The van der Waals surface area contributed by atoms with Gasteiger partial charge in [-0.15, -0.1) is 6.58 Å². The predicted octanol–water partition coefficient (Wildman–Crippen LogP) is 0.889. The summed E-state index contributed by atoms with van der Waals surface area (Å²) in [6.07, 6.45) is 2.47. The first kappa shape index (κ1) is 14.6. The topological polar surface area (TPSA) is 66.4 Å². The third-order valence-corrected chi connectivity index (χ3v) is 3.60. The number of nitrogens with one attached hydrogen (secondary N) is 1. The molecule has 0 bridgehead atoms. The molecule has 5 heteroatoms. The fourth-order valence-corrected chi connectivity index (χ4v) is 2.64. The smallest absolute Gasteiger partial charge is 0.212 e. The fourth-order valence-electron chi connectivity index (χ4n) is 1.20. The van der Waals surface area contributed by atoms with E-state index in [1.807, 2.05) is 13.8 Å². The third kappa shape index (κ3) is 6.65. The van der Waals surface area contributed by atoms with Crippen LogP contribution in [0.4, 0.5) is 0 Å². The average Bonchev–Trinajstić information content (AvgIpc) is 2.14. The molecule has 0 fully saturated rings. The van der Waals surface area contributed by atoms with Gasteiger partial charge >= 0.3 is 0 Å². The molecule has 1 atom stereocenters. The lowest BCUT2D eigenvalue weighted by Crippen LogP contribution is -2.40. The van der Waals surface area contributed by atoms with Gasteiger partial charge in [-0.1, -0.05) is 19.9 Å². The van der Waals surface area contributed by atoms with Gasteiger partial charge in [-0.2, -0.15) is 0 Å². The number of hydrogen-bond donors (Lipinski definition) is 2. The van der Waals surface area contributed by atoms with Gasteiger partial charge in [0.15, 0.2) is 0 Å². The summed E-state index contributed by atoms with van der Waals surface area (Å²) in [4.78, 5) is 0. The molecule has 0 aromatic rings. The van der Waals surface area contributed by atoms with Crippen molar-refractivity contribution in [1.82, 2.24) is 4.72 Å². The second-order valence-electron chi connectivity index (χ2n) is 3.88. The van der Waals surface area contributed by atoms with Crippen molar-refractivity contribution < 1.29 is 13.5 Å². The molecule has 2 N–H and O–H groups in total. The molecule has 0 amide bonds. The maximum atomic E-state index is 11.5. The van der Waals surface area contributed by atoms with E-state index in [2.05, 4.69) is 11.3 Å². The maximum Gasteiger partial charge on any atom is 0.212 e. The Balaban J connectivity index is 4.31. The standard InChI is InChI=1S/C10H21NO3S/c1-4-5-8-15(13,14)11-10(6-7-12)9(2)3/h4,9-12H,1,5-8H2,2-3H3. The first-order valence-electron chi connectivity index (χ1n) is 5.14. The van der Waals surface area contributed by atoms with Crippen molar-refractivity contribution in [2.24, 2.45) is 5.92 Å². The highest BCUT2D eigenvalue weighted by molar-refractivity contribution is 7.89. The van der Waals surface area contributed by atoms with Crippen LogP contribution in [0.3, 0.4) is 0 Å². The number of rotatable bonds is 8. The zero-order valence-electron chi connectivity index (χ0n) is 9.44. The van der Waals surface area contributed by atoms with Crippen molar-refractivity contribution in [3.05, 3.63) is 12.7 Å². The largest absolute Gasteiger partial charge is 0.396 e. The molecule has 0 aromatic carbocycles. The Morgan fingerprint density at radius 1 is 1.47 bits per heavy atom. The molecule has 15 heavy (non-hydrogen) atoms. The van der Waals surface area contributed by atoms with Crippen LogP contribution >= 0.6 is 0 Å². The summed E-state index contributed by atoms with van der Waals surface area (Å²) in [5.41, 5.74) is 0. The molecule has 90 valence electrons. The highest BCUT2D eigenvalue weighted by Gasteiger charge is 2.19. The van der Waals surface area contributed by atoms with Gasteiger partial charge in [0.1, 0.15) is 0 Å². The Morgan fingerprint density at radius 3 is 2.47 bits per heavy atom. The summed E-state index contributed by atoms with van der Waals surface area (Å²) in [7, 11) is -3.24. The Morgan fingerprint density at radius 2 is 2.07 bits per heavy atom. The van der Waals surface area contributed by atoms with Gasteiger partial charge in [-0.3, -0.25) is 0 Å². The van der Waals surface area contributed by atoms with Crippen molar-refractivity contribution in [3.8, 4) is 0 Å².